The molecular formula is C6H3ClI2N4. The molecule has 0 fully saturated rings. The Labute approximate surface area is 106 Å². The molecule has 0 spiro atoms. The van der Waals surface area contributed by atoms with E-state index in [1.807, 2.05) is 29.6 Å². The zero-order chi connectivity index (χ0) is 9.59. The highest BCUT2D eigenvalue weighted by Crippen LogP contribution is 2.23. The summed E-state index contributed by atoms with van der Waals surface area (Å²) in [6, 6.07) is 0. The van der Waals surface area contributed by atoms with Gasteiger partial charge in [-0.05, 0) is 22.6 Å². The van der Waals surface area contributed by atoms with Gasteiger partial charge in [0.25, 0.3) is 0 Å². The van der Waals surface area contributed by atoms with Gasteiger partial charge >= 0.3 is 0 Å². The maximum Gasteiger partial charge on any atom is 0.192 e. The number of aryl methyl sites for hydroxylation is 1. The van der Waals surface area contributed by atoms with Crippen molar-refractivity contribution in [1.29, 1.82) is 0 Å². The van der Waals surface area contributed by atoms with Gasteiger partial charge in [-0.3, -0.25) is 4.68 Å². The van der Waals surface area contributed by atoms with Gasteiger partial charge in [0.15, 0.2) is 8.98 Å². The van der Waals surface area contributed by atoms with E-state index in [4.69, 9.17) is 11.6 Å². The van der Waals surface area contributed by atoms with Gasteiger partial charge in [0.1, 0.15) is 14.7 Å². The second-order valence-corrected chi connectivity index (χ2v) is 4.74. The number of rotatable bonds is 0. The van der Waals surface area contributed by atoms with Crippen LogP contribution in [0.25, 0.3) is 11.0 Å². The Kier molecular flexibility index (Phi) is 2.62. The Balaban J connectivity index is 2.97. The van der Waals surface area contributed by atoms with Gasteiger partial charge in [0, 0.05) is 29.6 Å². The van der Waals surface area contributed by atoms with E-state index in [1.165, 1.54) is 0 Å². The molecule has 0 saturated heterocycles. The molecule has 0 atom stereocenters. The van der Waals surface area contributed by atoms with Crippen LogP contribution in [0.5, 0.6) is 0 Å². The molecule has 0 unspecified atom stereocenters. The van der Waals surface area contributed by atoms with Crippen LogP contribution < -0.4 is 0 Å². The summed E-state index contributed by atoms with van der Waals surface area (Å²) in [6.07, 6.45) is 0. The molecule has 0 amide bonds. The van der Waals surface area contributed by atoms with Crippen LogP contribution in [0.1, 0.15) is 0 Å². The molecule has 0 N–H and O–H groups in total. The minimum Gasteiger partial charge on any atom is -0.262 e. The second-order valence-electron chi connectivity index (χ2n) is 2.40. The van der Waals surface area contributed by atoms with Gasteiger partial charge in [-0.2, -0.15) is 5.10 Å². The van der Waals surface area contributed by atoms with Crippen molar-refractivity contribution < 1.29 is 0 Å². The lowest BCUT2D eigenvalue weighted by Crippen LogP contribution is -1.93. The summed E-state index contributed by atoms with van der Waals surface area (Å²) in [7, 11) is 1.83. The molecule has 0 aliphatic rings. The third-order valence-corrected chi connectivity index (χ3v) is 3.04. The molecule has 0 bridgehead atoms. The normalized spacial score (nSPS) is 11.1. The van der Waals surface area contributed by atoms with E-state index in [9.17, 15) is 0 Å². The monoisotopic (exact) mass is 420 g/mol. The molecule has 2 aromatic rings. The summed E-state index contributed by atoms with van der Waals surface area (Å²) in [6.45, 7) is 0. The van der Waals surface area contributed by atoms with Crippen molar-refractivity contribution in [2.45, 2.75) is 0 Å². The molecule has 2 aromatic heterocycles. The van der Waals surface area contributed by atoms with Gasteiger partial charge in [0.2, 0.25) is 0 Å². The number of hydrogen-bond donors (Lipinski definition) is 0. The van der Waals surface area contributed by atoms with E-state index < -0.39 is 0 Å². The highest BCUT2D eigenvalue weighted by atomic mass is 127. The highest BCUT2D eigenvalue weighted by molar-refractivity contribution is 14.1. The summed E-state index contributed by atoms with van der Waals surface area (Å²) in [5, 5.41) is 4.66. The molecular weight excluding hydrogens is 417 g/mol. The standard InChI is InChI=1S/C6H3ClI2N4/c1-13-3-2(5(8)12-13)10-6(9)11-4(3)7/h1H3. The fourth-order valence-corrected chi connectivity index (χ4v) is 2.68. The lowest BCUT2D eigenvalue weighted by atomic mass is 10.5. The van der Waals surface area contributed by atoms with Crippen LogP contribution >= 0.6 is 56.8 Å². The van der Waals surface area contributed by atoms with Crippen LogP contribution in [0.2, 0.25) is 5.15 Å². The maximum atomic E-state index is 5.96. The van der Waals surface area contributed by atoms with E-state index in [0.717, 1.165) is 14.7 Å². The van der Waals surface area contributed by atoms with Gasteiger partial charge in [-0.1, -0.05) is 11.6 Å². The van der Waals surface area contributed by atoms with Crippen molar-refractivity contribution in [2.75, 3.05) is 0 Å². The first-order valence-electron chi connectivity index (χ1n) is 3.31. The largest absolute Gasteiger partial charge is 0.262 e. The number of aromatic nitrogens is 4. The molecule has 0 aliphatic carbocycles. The quantitative estimate of drug-likeness (QED) is 0.373. The molecule has 0 saturated carbocycles. The average molecular weight is 420 g/mol. The zero-order valence-electron chi connectivity index (χ0n) is 6.42. The number of fused-ring (bicyclic) bond motifs is 1. The van der Waals surface area contributed by atoms with Crippen LogP contribution in [-0.2, 0) is 7.05 Å². The smallest absolute Gasteiger partial charge is 0.192 e. The Morgan fingerprint density at radius 2 is 2.00 bits per heavy atom. The van der Waals surface area contributed by atoms with Crippen LogP contribution in [-0.4, -0.2) is 19.7 Å². The summed E-state index contributed by atoms with van der Waals surface area (Å²) in [4.78, 5) is 8.31. The van der Waals surface area contributed by atoms with Crippen molar-refractivity contribution in [3.63, 3.8) is 0 Å². The van der Waals surface area contributed by atoms with Gasteiger partial charge in [-0.15, -0.1) is 0 Å². The third kappa shape index (κ3) is 1.63. The van der Waals surface area contributed by atoms with Crippen LogP contribution in [0.4, 0.5) is 0 Å². The minimum absolute atomic E-state index is 0.451. The fourth-order valence-electron chi connectivity index (χ4n) is 1.06. The maximum absolute atomic E-state index is 5.96. The van der Waals surface area contributed by atoms with Crippen molar-refractivity contribution in [3.05, 3.63) is 12.7 Å². The predicted octanol–water partition coefficient (Wildman–Crippen LogP) is 2.23. The minimum atomic E-state index is 0.451. The van der Waals surface area contributed by atoms with E-state index in [0.29, 0.717) is 8.98 Å². The first-order chi connectivity index (χ1) is 6.09. The van der Waals surface area contributed by atoms with Crippen molar-refractivity contribution in [3.8, 4) is 0 Å². The van der Waals surface area contributed by atoms with Gasteiger partial charge in [0.05, 0.1) is 0 Å². The number of hydrogen-bond acceptors (Lipinski definition) is 3. The van der Waals surface area contributed by atoms with Gasteiger partial charge in [-0.25, -0.2) is 9.97 Å². The van der Waals surface area contributed by atoms with Crippen molar-refractivity contribution in [2.24, 2.45) is 7.05 Å². The Morgan fingerprint density at radius 1 is 1.31 bits per heavy atom. The lowest BCUT2D eigenvalue weighted by molar-refractivity contribution is 0.786. The van der Waals surface area contributed by atoms with E-state index in [2.05, 4.69) is 37.7 Å². The summed E-state index contributed by atoms with van der Waals surface area (Å²) >= 11 is 10.1. The average Bonchev–Trinajstić information content (AvgIpc) is 2.27. The molecule has 13 heavy (non-hydrogen) atoms. The second kappa shape index (κ2) is 3.46. The lowest BCUT2D eigenvalue weighted by Gasteiger charge is -1.96. The Bertz CT molecular complexity index is 481. The molecule has 7 heteroatoms. The summed E-state index contributed by atoms with van der Waals surface area (Å²) in [5.41, 5.74) is 1.60. The molecule has 2 heterocycles. The van der Waals surface area contributed by atoms with E-state index in [-0.39, 0.29) is 0 Å². The van der Waals surface area contributed by atoms with Crippen molar-refractivity contribution in [1.82, 2.24) is 19.7 Å². The van der Waals surface area contributed by atoms with E-state index >= 15 is 0 Å². The first-order valence-corrected chi connectivity index (χ1v) is 5.84. The van der Waals surface area contributed by atoms with Gasteiger partial charge < -0.3 is 0 Å². The molecule has 0 aliphatic heterocycles. The van der Waals surface area contributed by atoms with E-state index in [1.54, 1.807) is 4.68 Å². The highest BCUT2D eigenvalue weighted by Gasteiger charge is 2.12. The molecule has 0 aromatic carbocycles. The first kappa shape index (κ1) is 9.84. The number of nitrogens with zero attached hydrogens (tertiary/aromatic N) is 4. The Morgan fingerprint density at radius 3 is 2.69 bits per heavy atom. The predicted molar refractivity (Wildman–Crippen MR) is 66.7 cm³/mol. The van der Waals surface area contributed by atoms with Crippen LogP contribution in [0.3, 0.4) is 0 Å². The summed E-state index contributed by atoms with van der Waals surface area (Å²) < 4.78 is 3.17. The number of halogens is 3. The zero-order valence-corrected chi connectivity index (χ0v) is 11.5. The topological polar surface area (TPSA) is 43.6 Å². The molecule has 2 rings (SSSR count). The fraction of sp³-hybridized carbons (Fsp3) is 0.167. The molecule has 0 radical (unpaired) electrons. The van der Waals surface area contributed by atoms with Crippen molar-refractivity contribution >= 4 is 67.8 Å². The van der Waals surface area contributed by atoms with Crippen LogP contribution in [0.15, 0.2) is 0 Å². The third-order valence-electron chi connectivity index (χ3n) is 1.57. The molecule has 68 valence electrons. The Hall–Kier alpha value is 0.300. The SMILES string of the molecule is Cn1nc(I)c2nc(I)nc(Cl)c21. The van der Waals surface area contributed by atoms with Crippen LogP contribution in [0, 0.1) is 7.53 Å². The summed E-state index contributed by atoms with van der Waals surface area (Å²) in [5.74, 6) is 0. The molecule has 4 nitrogen and oxygen atoms in total.